The van der Waals surface area contributed by atoms with Crippen LogP contribution in [0.2, 0.25) is 0 Å². The molecule has 0 aliphatic rings. The predicted octanol–water partition coefficient (Wildman–Crippen LogP) is 3.87. The summed E-state index contributed by atoms with van der Waals surface area (Å²) in [6, 6.07) is 10.9. The topological polar surface area (TPSA) is 64.3 Å². The monoisotopic (exact) mass is 334 g/mol. The summed E-state index contributed by atoms with van der Waals surface area (Å²) in [5.41, 5.74) is 9.63. The fourth-order valence-electron chi connectivity index (χ4n) is 1.79. The summed E-state index contributed by atoms with van der Waals surface area (Å²) in [6.45, 7) is 2.00. The van der Waals surface area contributed by atoms with Gasteiger partial charge in [0.2, 0.25) is 0 Å². The molecule has 3 N–H and O–H groups in total. The van der Waals surface area contributed by atoms with Crippen LogP contribution in [0.1, 0.15) is 15.9 Å². The molecule has 104 valence electrons. The minimum Gasteiger partial charge on any atom is -0.465 e. The lowest BCUT2D eigenvalue weighted by Crippen LogP contribution is -2.04. The van der Waals surface area contributed by atoms with Crippen molar-refractivity contribution in [2.75, 3.05) is 18.2 Å². The first-order valence-electron chi connectivity index (χ1n) is 6.02. The van der Waals surface area contributed by atoms with Crippen molar-refractivity contribution >= 4 is 39.0 Å². The fraction of sp³-hybridized carbons (Fsp3) is 0.133. The molecule has 0 spiro atoms. The van der Waals surface area contributed by atoms with Crippen molar-refractivity contribution in [2.45, 2.75) is 6.92 Å². The van der Waals surface area contributed by atoms with Crippen molar-refractivity contribution in [3.8, 4) is 0 Å². The molecule has 0 aliphatic heterocycles. The number of halogens is 1. The number of rotatable bonds is 3. The van der Waals surface area contributed by atoms with E-state index < -0.39 is 0 Å². The molecule has 2 aromatic carbocycles. The maximum absolute atomic E-state index is 11.5. The number of hydrogen-bond donors (Lipinski definition) is 2. The summed E-state index contributed by atoms with van der Waals surface area (Å²) >= 11 is 3.46. The van der Waals surface area contributed by atoms with Gasteiger partial charge in [0.1, 0.15) is 0 Å². The van der Waals surface area contributed by atoms with Gasteiger partial charge in [-0.2, -0.15) is 0 Å². The van der Waals surface area contributed by atoms with Crippen LogP contribution in [-0.4, -0.2) is 13.1 Å². The summed E-state index contributed by atoms with van der Waals surface area (Å²) in [6.07, 6.45) is 0. The van der Waals surface area contributed by atoms with Crippen molar-refractivity contribution in [1.82, 2.24) is 0 Å². The third-order valence-corrected chi connectivity index (χ3v) is 3.80. The fourth-order valence-corrected chi connectivity index (χ4v) is 2.03. The van der Waals surface area contributed by atoms with Crippen LogP contribution < -0.4 is 11.1 Å². The van der Waals surface area contributed by atoms with E-state index in [0.717, 1.165) is 15.7 Å². The smallest absolute Gasteiger partial charge is 0.337 e. The second-order valence-electron chi connectivity index (χ2n) is 4.38. The van der Waals surface area contributed by atoms with Crippen molar-refractivity contribution in [3.05, 3.63) is 52.0 Å². The van der Waals surface area contributed by atoms with Gasteiger partial charge >= 0.3 is 5.97 Å². The number of benzene rings is 2. The number of nitrogens with one attached hydrogen (secondary N) is 1. The lowest BCUT2D eigenvalue weighted by Gasteiger charge is -2.12. The standard InChI is InChI=1S/C15H15BrN2O2/c1-9-7-11(4-5-12(9)16)18-14-8-10(15(19)20-2)3-6-13(14)17/h3-8,18H,17H2,1-2H3. The Hall–Kier alpha value is -2.01. The molecule has 4 nitrogen and oxygen atoms in total. The second kappa shape index (κ2) is 5.96. The Bertz CT molecular complexity index is 656. The highest BCUT2D eigenvalue weighted by Crippen LogP contribution is 2.27. The summed E-state index contributed by atoms with van der Waals surface area (Å²) in [7, 11) is 1.35. The van der Waals surface area contributed by atoms with Crippen LogP contribution in [0.3, 0.4) is 0 Å². The van der Waals surface area contributed by atoms with Crippen LogP contribution in [0.4, 0.5) is 17.1 Å². The van der Waals surface area contributed by atoms with Gasteiger partial charge in [-0.3, -0.25) is 0 Å². The van der Waals surface area contributed by atoms with E-state index in [1.807, 2.05) is 25.1 Å². The van der Waals surface area contributed by atoms with Gasteiger partial charge in [-0.05, 0) is 48.9 Å². The lowest BCUT2D eigenvalue weighted by molar-refractivity contribution is 0.0601. The highest BCUT2D eigenvalue weighted by atomic mass is 79.9. The van der Waals surface area contributed by atoms with Crippen LogP contribution in [0.5, 0.6) is 0 Å². The molecule has 5 heteroatoms. The average Bonchev–Trinajstić information content (AvgIpc) is 2.44. The Kier molecular flexibility index (Phi) is 4.29. The van der Waals surface area contributed by atoms with Gasteiger partial charge in [-0.1, -0.05) is 15.9 Å². The van der Waals surface area contributed by atoms with Gasteiger partial charge in [0.15, 0.2) is 0 Å². The lowest BCUT2D eigenvalue weighted by atomic mass is 10.1. The van der Waals surface area contributed by atoms with Gasteiger partial charge in [-0.25, -0.2) is 4.79 Å². The Labute approximate surface area is 126 Å². The van der Waals surface area contributed by atoms with E-state index in [-0.39, 0.29) is 5.97 Å². The zero-order chi connectivity index (χ0) is 14.7. The van der Waals surface area contributed by atoms with E-state index in [1.165, 1.54) is 7.11 Å². The van der Waals surface area contributed by atoms with Gasteiger partial charge in [0, 0.05) is 10.2 Å². The van der Waals surface area contributed by atoms with E-state index in [0.29, 0.717) is 16.9 Å². The minimum absolute atomic E-state index is 0.389. The zero-order valence-corrected chi connectivity index (χ0v) is 12.8. The molecule has 0 bridgehead atoms. The average molecular weight is 335 g/mol. The molecule has 0 saturated heterocycles. The molecule has 2 rings (SSSR count). The molecule has 0 aromatic heterocycles. The third kappa shape index (κ3) is 3.11. The molecule has 0 aliphatic carbocycles. The van der Waals surface area contributed by atoms with Gasteiger partial charge < -0.3 is 15.8 Å². The molecule has 20 heavy (non-hydrogen) atoms. The number of nitrogen functional groups attached to an aromatic ring is 1. The van der Waals surface area contributed by atoms with E-state index in [2.05, 4.69) is 21.2 Å². The van der Waals surface area contributed by atoms with Crippen LogP contribution in [0.15, 0.2) is 40.9 Å². The van der Waals surface area contributed by atoms with Crippen molar-refractivity contribution in [3.63, 3.8) is 0 Å². The van der Waals surface area contributed by atoms with Crippen LogP contribution in [0, 0.1) is 6.92 Å². The Morgan fingerprint density at radius 2 is 2.00 bits per heavy atom. The van der Waals surface area contributed by atoms with Crippen molar-refractivity contribution < 1.29 is 9.53 Å². The number of esters is 1. The first kappa shape index (κ1) is 14.4. The Morgan fingerprint density at radius 1 is 1.25 bits per heavy atom. The predicted molar refractivity (Wildman–Crippen MR) is 84.4 cm³/mol. The van der Waals surface area contributed by atoms with E-state index in [1.54, 1.807) is 18.2 Å². The number of anilines is 3. The number of aryl methyl sites for hydroxylation is 1. The van der Waals surface area contributed by atoms with Gasteiger partial charge in [0.25, 0.3) is 0 Å². The molecule has 0 atom stereocenters. The molecule has 0 fully saturated rings. The molecule has 2 aromatic rings. The SMILES string of the molecule is COC(=O)c1ccc(N)c(Nc2ccc(Br)c(C)c2)c1. The molecule has 0 saturated carbocycles. The summed E-state index contributed by atoms with van der Waals surface area (Å²) in [5.74, 6) is -0.389. The van der Waals surface area contributed by atoms with E-state index in [4.69, 9.17) is 10.5 Å². The maximum atomic E-state index is 11.5. The number of carbonyl (C=O) groups excluding carboxylic acids is 1. The summed E-state index contributed by atoms with van der Waals surface area (Å²) in [4.78, 5) is 11.5. The number of methoxy groups -OCH3 is 1. The number of nitrogens with two attached hydrogens (primary N) is 1. The molecule has 0 unspecified atom stereocenters. The number of carbonyl (C=O) groups is 1. The highest BCUT2D eigenvalue weighted by Gasteiger charge is 2.09. The minimum atomic E-state index is -0.389. The first-order chi connectivity index (χ1) is 9.51. The van der Waals surface area contributed by atoms with Gasteiger partial charge in [-0.15, -0.1) is 0 Å². The maximum Gasteiger partial charge on any atom is 0.337 e. The number of ether oxygens (including phenoxy) is 1. The van der Waals surface area contributed by atoms with E-state index >= 15 is 0 Å². The molecule has 0 amide bonds. The number of hydrogen-bond acceptors (Lipinski definition) is 4. The molecular weight excluding hydrogens is 320 g/mol. The van der Waals surface area contributed by atoms with Crippen molar-refractivity contribution in [2.24, 2.45) is 0 Å². The normalized spacial score (nSPS) is 10.2. The highest BCUT2D eigenvalue weighted by molar-refractivity contribution is 9.10. The largest absolute Gasteiger partial charge is 0.465 e. The summed E-state index contributed by atoms with van der Waals surface area (Å²) in [5, 5.41) is 3.21. The van der Waals surface area contributed by atoms with Crippen molar-refractivity contribution in [1.29, 1.82) is 0 Å². The second-order valence-corrected chi connectivity index (χ2v) is 5.24. The quantitative estimate of drug-likeness (QED) is 0.660. The van der Waals surface area contributed by atoms with Gasteiger partial charge in [0.05, 0.1) is 24.0 Å². The summed E-state index contributed by atoms with van der Waals surface area (Å²) < 4.78 is 5.74. The zero-order valence-electron chi connectivity index (χ0n) is 11.2. The van der Waals surface area contributed by atoms with E-state index in [9.17, 15) is 4.79 Å². The first-order valence-corrected chi connectivity index (χ1v) is 6.81. The third-order valence-electron chi connectivity index (χ3n) is 2.91. The van der Waals surface area contributed by atoms with Crippen LogP contribution in [-0.2, 0) is 4.74 Å². The molecule has 0 radical (unpaired) electrons. The van der Waals surface area contributed by atoms with Crippen LogP contribution >= 0.6 is 15.9 Å². The van der Waals surface area contributed by atoms with Crippen LogP contribution in [0.25, 0.3) is 0 Å². The Balaban J connectivity index is 2.32. The molecular formula is C15H15BrN2O2. The Morgan fingerprint density at radius 3 is 2.65 bits per heavy atom. The molecule has 0 heterocycles.